The van der Waals surface area contributed by atoms with Gasteiger partial charge >= 0.3 is 6.03 Å². The van der Waals surface area contributed by atoms with E-state index < -0.39 is 0 Å². The molecular formula is C14H28N2O. The Morgan fingerprint density at radius 3 is 1.88 bits per heavy atom. The summed E-state index contributed by atoms with van der Waals surface area (Å²) >= 11 is 0. The summed E-state index contributed by atoms with van der Waals surface area (Å²) in [7, 11) is 0. The highest BCUT2D eigenvalue weighted by atomic mass is 16.2. The lowest BCUT2D eigenvalue weighted by Crippen LogP contribution is -2.48. The maximum absolute atomic E-state index is 12.2. The van der Waals surface area contributed by atoms with Crippen molar-refractivity contribution in [2.75, 3.05) is 26.2 Å². The van der Waals surface area contributed by atoms with Crippen molar-refractivity contribution in [2.24, 2.45) is 5.41 Å². The summed E-state index contributed by atoms with van der Waals surface area (Å²) < 4.78 is 0. The highest BCUT2D eigenvalue weighted by Gasteiger charge is 2.33. The van der Waals surface area contributed by atoms with Crippen molar-refractivity contribution >= 4 is 6.03 Å². The van der Waals surface area contributed by atoms with Gasteiger partial charge < -0.3 is 9.80 Å². The van der Waals surface area contributed by atoms with E-state index in [-0.39, 0.29) is 6.03 Å². The molecule has 3 heteroatoms. The van der Waals surface area contributed by atoms with Crippen LogP contribution in [0.15, 0.2) is 0 Å². The number of urea groups is 1. The fourth-order valence-electron chi connectivity index (χ4n) is 2.82. The van der Waals surface area contributed by atoms with Crippen LogP contribution in [0.5, 0.6) is 0 Å². The highest BCUT2D eigenvalue weighted by molar-refractivity contribution is 5.74. The average molecular weight is 240 g/mol. The molecule has 1 fully saturated rings. The van der Waals surface area contributed by atoms with Crippen molar-refractivity contribution in [3.8, 4) is 0 Å². The van der Waals surface area contributed by atoms with Crippen LogP contribution in [0.3, 0.4) is 0 Å². The Labute approximate surface area is 106 Å². The monoisotopic (exact) mass is 240 g/mol. The zero-order valence-corrected chi connectivity index (χ0v) is 12.0. The minimum absolute atomic E-state index is 0.232. The van der Waals surface area contributed by atoms with E-state index >= 15 is 0 Å². The molecule has 1 aliphatic rings. The number of nitrogens with zero attached hydrogens (tertiary/aromatic N) is 2. The van der Waals surface area contributed by atoms with Crippen molar-refractivity contribution in [2.45, 2.75) is 53.4 Å². The molecule has 0 aliphatic carbocycles. The third-order valence-corrected chi connectivity index (χ3v) is 4.63. The molecule has 1 rings (SSSR count). The first-order chi connectivity index (χ1) is 8.12. The molecule has 0 aromatic carbocycles. The summed E-state index contributed by atoms with van der Waals surface area (Å²) in [5, 5.41) is 0. The van der Waals surface area contributed by atoms with Crippen molar-refractivity contribution in [3.63, 3.8) is 0 Å². The molecule has 0 aromatic heterocycles. The van der Waals surface area contributed by atoms with Crippen LogP contribution in [-0.4, -0.2) is 42.0 Å². The molecule has 0 unspecified atom stereocenters. The van der Waals surface area contributed by atoms with Gasteiger partial charge in [-0.05, 0) is 32.1 Å². The molecule has 2 amide bonds. The maximum atomic E-state index is 12.2. The topological polar surface area (TPSA) is 23.6 Å². The second-order valence-corrected chi connectivity index (χ2v) is 5.15. The highest BCUT2D eigenvalue weighted by Crippen LogP contribution is 2.37. The third-order valence-electron chi connectivity index (χ3n) is 4.63. The average Bonchev–Trinajstić information content (AvgIpc) is 2.40. The Morgan fingerprint density at radius 1 is 1.06 bits per heavy atom. The third kappa shape index (κ3) is 3.14. The number of rotatable bonds is 4. The number of hydrogen-bond acceptors (Lipinski definition) is 1. The molecule has 0 spiro atoms. The van der Waals surface area contributed by atoms with E-state index in [1.165, 1.54) is 25.7 Å². The van der Waals surface area contributed by atoms with Crippen LogP contribution < -0.4 is 0 Å². The number of amides is 2. The normalized spacial score (nSPS) is 19.2. The molecule has 0 bridgehead atoms. The van der Waals surface area contributed by atoms with Gasteiger partial charge in [0.15, 0.2) is 0 Å². The smallest absolute Gasteiger partial charge is 0.319 e. The summed E-state index contributed by atoms with van der Waals surface area (Å²) in [4.78, 5) is 16.2. The summed E-state index contributed by atoms with van der Waals surface area (Å²) in [5.41, 5.74) is 0.500. The van der Waals surface area contributed by atoms with Crippen LogP contribution in [0.25, 0.3) is 0 Å². The number of hydrogen-bond donors (Lipinski definition) is 0. The van der Waals surface area contributed by atoms with Crippen molar-refractivity contribution in [3.05, 3.63) is 0 Å². The SMILES string of the molecule is CCN(CC)C(=O)N1CCC(CC)(CC)CC1. The molecule has 1 heterocycles. The van der Waals surface area contributed by atoms with Crippen LogP contribution in [0, 0.1) is 5.41 Å². The van der Waals surface area contributed by atoms with Gasteiger partial charge in [-0.15, -0.1) is 0 Å². The summed E-state index contributed by atoms with van der Waals surface area (Å²) in [6, 6.07) is 0.232. The van der Waals surface area contributed by atoms with Crippen LogP contribution in [0.2, 0.25) is 0 Å². The first kappa shape index (κ1) is 14.3. The van der Waals surface area contributed by atoms with Crippen LogP contribution in [-0.2, 0) is 0 Å². The number of carbonyl (C=O) groups excluding carboxylic acids is 1. The van der Waals surface area contributed by atoms with E-state index in [0.29, 0.717) is 5.41 Å². The van der Waals surface area contributed by atoms with Crippen molar-refractivity contribution < 1.29 is 4.79 Å². The minimum Gasteiger partial charge on any atom is -0.325 e. The van der Waals surface area contributed by atoms with Gasteiger partial charge in [0.1, 0.15) is 0 Å². The first-order valence-electron chi connectivity index (χ1n) is 7.16. The second-order valence-electron chi connectivity index (χ2n) is 5.15. The minimum atomic E-state index is 0.232. The van der Waals surface area contributed by atoms with E-state index in [1.54, 1.807) is 0 Å². The Morgan fingerprint density at radius 2 is 1.53 bits per heavy atom. The van der Waals surface area contributed by atoms with Crippen LogP contribution in [0.4, 0.5) is 4.79 Å². The molecule has 0 radical (unpaired) electrons. The van der Waals surface area contributed by atoms with Gasteiger partial charge in [0.25, 0.3) is 0 Å². The Bertz CT molecular complexity index is 235. The molecule has 1 saturated heterocycles. The second kappa shape index (κ2) is 6.27. The van der Waals surface area contributed by atoms with Gasteiger partial charge in [-0.1, -0.05) is 26.7 Å². The predicted octanol–water partition coefficient (Wildman–Crippen LogP) is 3.35. The van der Waals surface area contributed by atoms with E-state index in [0.717, 1.165) is 26.2 Å². The number of piperidine rings is 1. The lowest BCUT2D eigenvalue weighted by Gasteiger charge is -2.42. The van der Waals surface area contributed by atoms with E-state index in [4.69, 9.17) is 0 Å². The number of likely N-dealkylation sites (tertiary alicyclic amines) is 1. The zero-order valence-electron chi connectivity index (χ0n) is 12.0. The van der Waals surface area contributed by atoms with Gasteiger partial charge in [-0.2, -0.15) is 0 Å². The van der Waals surface area contributed by atoms with Crippen molar-refractivity contribution in [1.29, 1.82) is 0 Å². The lowest BCUT2D eigenvalue weighted by molar-refractivity contribution is 0.0918. The van der Waals surface area contributed by atoms with Gasteiger partial charge in [-0.3, -0.25) is 0 Å². The standard InChI is InChI=1S/C14H28N2O/c1-5-14(6-2)9-11-16(12-10-14)13(17)15(7-3)8-4/h5-12H2,1-4H3. The Kier molecular flexibility index (Phi) is 5.29. The first-order valence-corrected chi connectivity index (χ1v) is 7.16. The van der Waals surface area contributed by atoms with Crippen molar-refractivity contribution in [1.82, 2.24) is 9.80 Å². The molecule has 0 atom stereocenters. The quantitative estimate of drug-likeness (QED) is 0.739. The van der Waals surface area contributed by atoms with Gasteiger partial charge in [0.2, 0.25) is 0 Å². The van der Waals surface area contributed by atoms with Gasteiger partial charge in [-0.25, -0.2) is 4.79 Å². The molecular weight excluding hydrogens is 212 g/mol. The van der Waals surface area contributed by atoms with Gasteiger partial charge in [0, 0.05) is 26.2 Å². The summed E-state index contributed by atoms with van der Waals surface area (Å²) in [6.45, 7) is 12.2. The Balaban J connectivity index is 2.54. The number of carbonyl (C=O) groups is 1. The van der Waals surface area contributed by atoms with E-state index in [1.807, 2.05) is 23.6 Å². The summed E-state index contributed by atoms with van der Waals surface area (Å²) in [5.74, 6) is 0. The molecule has 0 aromatic rings. The lowest BCUT2D eigenvalue weighted by atomic mass is 9.74. The Hall–Kier alpha value is -0.730. The molecule has 100 valence electrons. The molecule has 0 N–H and O–H groups in total. The van der Waals surface area contributed by atoms with Crippen LogP contribution in [0.1, 0.15) is 53.4 Å². The predicted molar refractivity (Wildman–Crippen MR) is 72.1 cm³/mol. The summed E-state index contributed by atoms with van der Waals surface area (Å²) in [6.07, 6.45) is 4.84. The fourth-order valence-corrected chi connectivity index (χ4v) is 2.82. The maximum Gasteiger partial charge on any atom is 0.319 e. The molecule has 1 aliphatic heterocycles. The largest absolute Gasteiger partial charge is 0.325 e. The van der Waals surface area contributed by atoms with E-state index in [2.05, 4.69) is 13.8 Å². The van der Waals surface area contributed by atoms with E-state index in [9.17, 15) is 4.79 Å². The fraction of sp³-hybridized carbons (Fsp3) is 0.929. The van der Waals surface area contributed by atoms with Gasteiger partial charge in [0.05, 0.1) is 0 Å². The molecule has 3 nitrogen and oxygen atoms in total. The zero-order chi connectivity index (χ0) is 12.9. The molecule has 17 heavy (non-hydrogen) atoms. The van der Waals surface area contributed by atoms with Crippen LogP contribution >= 0.6 is 0 Å². The molecule has 0 saturated carbocycles.